The number of β-amino-alcohol motifs (C(OH)–C–C–N with tert-alkyl or cyclic N) is 1. The second-order valence-electron chi connectivity index (χ2n) is 12.4. The fraction of sp³-hybridized carbons (Fsp3) is 0.417. The lowest BCUT2D eigenvalue weighted by Gasteiger charge is -2.38. The molecule has 4 atom stereocenters. The van der Waals surface area contributed by atoms with Crippen LogP contribution in [-0.4, -0.2) is 83.5 Å². The van der Waals surface area contributed by atoms with Gasteiger partial charge in [0.25, 0.3) is 0 Å². The molecule has 8 nitrogen and oxygen atoms in total. The highest BCUT2D eigenvalue weighted by molar-refractivity contribution is 5.93. The van der Waals surface area contributed by atoms with Crippen LogP contribution in [0.3, 0.4) is 0 Å². The normalized spacial score (nSPS) is 23.6. The van der Waals surface area contributed by atoms with E-state index < -0.39 is 23.6 Å². The summed E-state index contributed by atoms with van der Waals surface area (Å²) in [5.74, 6) is -0.178. The zero-order valence-corrected chi connectivity index (χ0v) is 25.1. The molecule has 3 fully saturated rings. The van der Waals surface area contributed by atoms with Crippen LogP contribution in [-0.2, 0) is 19.8 Å². The first-order valence-corrected chi connectivity index (χ1v) is 15.9. The van der Waals surface area contributed by atoms with Crippen LogP contribution in [0.25, 0.3) is 0 Å². The Morgan fingerprint density at radius 3 is 1.95 bits per heavy atom. The number of hydrogen-bond donors (Lipinski definition) is 3. The summed E-state index contributed by atoms with van der Waals surface area (Å²) >= 11 is 0. The summed E-state index contributed by atoms with van der Waals surface area (Å²) in [5.41, 5.74) is 2.11. The largest absolute Gasteiger partial charge is 0.391 e. The van der Waals surface area contributed by atoms with E-state index in [4.69, 9.17) is 0 Å². The number of carbonyl (C=O) groups is 3. The van der Waals surface area contributed by atoms with E-state index in [1.165, 1.54) is 0 Å². The third-order valence-corrected chi connectivity index (χ3v) is 9.67. The smallest absolute Gasteiger partial charge is 0.246 e. The molecule has 6 rings (SSSR count). The molecule has 8 heteroatoms. The number of aliphatic hydroxyl groups excluding tert-OH is 1. The fourth-order valence-electron chi connectivity index (χ4n) is 7.37. The molecule has 44 heavy (non-hydrogen) atoms. The molecule has 0 aromatic heterocycles. The van der Waals surface area contributed by atoms with Crippen molar-refractivity contribution in [1.29, 1.82) is 0 Å². The molecule has 3 amide bonds. The van der Waals surface area contributed by atoms with Gasteiger partial charge in [-0.15, -0.1) is 0 Å². The lowest BCUT2D eigenvalue weighted by molar-refractivity contribution is -0.146. The lowest BCUT2D eigenvalue weighted by atomic mass is 9.67. The summed E-state index contributed by atoms with van der Waals surface area (Å²) in [5, 5.41) is 17.2. The average Bonchev–Trinajstić information content (AvgIpc) is 3.85. The van der Waals surface area contributed by atoms with Crippen molar-refractivity contribution in [1.82, 2.24) is 20.4 Å². The van der Waals surface area contributed by atoms with Crippen molar-refractivity contribution in [3.05, 3.63) is 108 Å². The highest BCUT2D eigenvalue weighted by Crippen LogP contribution is 2.43. The third kappa shape index (κ3) is 6.01. The maximum Gasteiger partial charge on any atom is 0.246 e. The number of nitrogens with zero attached hydrogens (tertiary/aromatic N) is 2. The first kappa shape index (κ1) is 30.0. The van der Waals surface area contributed by atoms with Crippen LogP contribution in [0.15, 0.2) is 91.0 Å². The van der Waals surface area contributed by atoms with E-state index in [-0.39, 0.29) is 37.1 Å². The van der Waals surface area contributed by atoms with Crippen molar-refractivity contribution >= 4 is 17.7 Å². The molecule has 3 aliphatic heterocycles. The van der Waals surface area contributed by atoms with Crippen LogP contribution in [0.5, 0.6) is 0 Å². The van der Waals surface area contributed by atoms with Gasteiger partial charge in [-0.25, -0.2) is 0 Å². The number of carbonyl (C=O) groups excluding carboxylic acids is 3. The Morgan fingerprint density at radius 2 is 1.41 bits per heavy atom. The molecular formula is C36H42N4O4. The maximum absolute atomic E-state index is 14.5. The van der Waals surface area contributed by atoms with Gasteiger partial charge in [-0.1, -0.05) is 91.0 Å². The van der Waals surface area contributed by atoms with Crippen molar-refractivity contribution in [2.45, 2.75) is 55.7 Å². The summed E-state index contributed by atoms with van der Waals surface area (Å²) in [6, 6.07) is 28.7. The molecule has 0 bridgehead atoms. The molecule has 3 saturated heterocycles. The Morgan fingerprint density at radius 1 is 0.818 bits per heavy atom. The standard InChI is InChI=1S/C36H42N4O4/c41-30-21-32(35(44)39-20-10-17-31(39)34(43)38-24-26-18-19-37-23-26)40(25-30)33(42)22-36(27-11-4-1-5-12-27,28-13-6-2-7-14-28)29-15-8-3-9-16-29/h1-9,11-16,26,30-32,37,41H,10,17-25H2,(H,38,43)/t26?,30-,31-,32+/m1/s1. The molecule has 0 spiro atoms. The van der Waals surface area contributed by atoms with Crippen molar-refractivity contribution in [3.8, 4) is 0 Å². The minimum absolute atomic E-state index is 0.0842. The van der Waals surface area contributed by atoms with Crippen LogP contribution in [0.1, 0.15) is 48.8 Å². The fourth-order valence-corrected chi connectivity index (χ4v) is 7.37. The van der Waals surface area contributed by atoms with Crippen molar-refractivity contribution in [2.75, 3.05) is 32.7 Å². The van der Waals surface area contributed by atoms with Crippen LogP contribution in [0, 0.1) is 5.92 Å². The van der Waals surface area contributed by atoms with E-state index >= 15 is 0 Å². The lowest BCUT2D eigenvalue weighted by Crippen LogP contribution is -2.53. The summed E-state index contributed by atoms with van der Waals surface area (Å²) < 4.78 is 0. The quantitative estimate of drug-likeness (QED) is 0.331. The molecule has 3 heterocycles. The SMILES string of the molecule is O=C(NCC1CCNC1)[C@H]1CCCN1C(=O)[C@@H]1C[C@@H](O)CN1C(=O)CC(c1ccccc1)(c1ccccc1)c1ccccc1. The number of benzene rings is 3. The molecule has 230 valence electrons. The molecule has 3 aromatic rings. The van der Waals surface area contributed by atoms with Crippen LogP contribution >= 0.6 is 0 Å². The molecule has 0 aliphatic carbocycles. The summed E-state index contributed by atoms with van der Waals surface area (Å²) in [6.45, 7) is 3.00. The zero-order chi connectivity index (χ0) is 30.5. The molecule has 0 saturated carbocycles. The van der Waals surface area contributed by atoms with Crippen molar-refractivity contribution in [2.24, 2.45) is 5.92 Å². The van der Waals surface area contributed by atoms with Gasteiger partial charge in [0.15, 0.2) is 0 Å². The van der Waals surface area contributed by atoms with Gasteiger partial charge >= 0.3 is 0 Å². The summed E-state index contributed by atoms with van der Waals surface area (Å²) in [4.78, 5) is 45.0. The minimum Gasteiger partial charge on any atom is -0.391 e. The molecular weight excluding hydrogens is 552 g/mol. The molecule has 3 N–H and O–H groups in total. The van der Waals surface area contributed by atoms with Crippen LogP contribution in [0.4, 0.5) is 0 Å². The van der Waals surface area contributed by atoms with E-state index in [0.717, 1.165) is 42.6 Å². The molecule has 3 aromatic carbocycles. The van der Waals surface area contributed by atoms with Gasteiger partial charge in [-0.2, -0.15) is 0 Å². The first-order chi connectivity index (χ1) is 21.5. The third-order valence-electron chi connectivity index (χ3n) is 9.67. The van der Waals surface area contributed by atoms with Gasteiger partial charge in [0.1, 0.15) is 12.1 Å². The van der Waals surface area contributed by atoms with Gasteiger partial charge < -0.3 is 25.5 Å². The molecule has 0 radical (unpaired) electrons. The maximum atomic E-state index is 14.5. The Labute approximate surface area is 259 Å². The van der Waals surface area contributed by atoms with E-state index in [2.05, 4.69) is 10.6 Å². The molecule has 3 aliphatic rings. The van der Waals surface area contributed by atoms with Gasteiger partial charge in [0, 0.05) is 32.5 Å². The van der Waals surface area contributed by atoms with E-state index in [9.17, 15) is 19.5 Å². The van der Waals surface area contributed by atoms with Gasteiger partial charge in [0.05, 0.1) is 11.5 Å². The van der Waals surface area contributed by atoms with Gasteiger partial charge in [-0.3, -0.25) is 14.4 Å². The number of likely N-dealkylation sites (tertiary alicyclic amines) is 2. The Hall–Kier alpha value is -4.01. The van der Waals surface area contributed by atoms with Crippen molar-refractivity contribution < 1.29 is 19.5 Å². The highest BCUT2D eigenvalue weighted by atomic mass is 16.3. The Balaban J connectivity index is 1.28. The summed E-state index contributed by atoms with van der Waals surface area (Å²) in [7, 11) is 0. The van der Waals surface area contributed by atoms with E-state index in [1.807, 2.05) is 91.0 Å². The van der Waals surface area contributed by atoms with E-state index in [0.29, 0.717) is 25.4 Å². The van der Waals surface area contributed by atoms with Crippen LogP contribution < -0.4 is 10.6 Å². The van der Waals surface area contributed by atoms with E-state index in [1.54, 1.807) is 9.80 Å². The Kier molecular flexibility index (Phi) is 9.09. The topological polar surface area (TPSA) is 102 Å². The number of rotatable bonds is 9. The average molecular weight is 595 g/mol. The number of aliphatic hydroxyl groups is 1. The predicted molar refractivity (Wildman–Crippen MR) is 169 cm³/mol. The van der Waals surface area contributed by atoms with Crippen LogP contribution in [0.2, 0.25) is 0 Å². The number of amides is 3. The molecule has 1 unspecified atom stereocenters. The van der Waals surface area contributed by atoms with Crippen molar-refractivity contribution in [3.63, 3.8) is 0 Å². The summed E-state index contributed by atoms with van der Waals surface area (Å²) in [6.07, 6.45) is 1.80. The highest BCUT2D eigenvalue weighted by Gasteiger charge is 2.47. The monoisotopic (exact) mass is 594 g/mol. The number of hydrogen-bond acceptors (Lipinski definition) is 5. The Bertz CT molecular complexity index is 1330. The predicted octanol–water partition coefficient (Wildman–Crippen LogP) is 3.09. The van der Waals surface area contributed by atoms with Gasteiger partial charge in [0.2, 0.25) is 17.7 Å². The minimum atomic E-state index is -0.815. The van der Waals surface area contributed by atoms with Gasteiger partial charge in [-0.05, 0) is 55.0 Å². The zero-order valence-electron chi connectivity index (χ0n) is 25.1. The first-order valence-electron chi connectivity index (χ1n) is 15.9. The number of nitrogens with one attached hydrogen (secondary N) is 2. The second kappa shape index (κ2) is 13.3. The second-order valence-corrected chi connectivity index (χ2v) is 12.4.